The highest BCUT2D eigenvalue weighted by atomic mass is 35.5. The predicted molar refractivity (Wildman–Crippen MR) is 77.1 cm³/mol. The molecule has 2 aromatic heterocycles. The summed E-state index contributed by atoms with van der Waals surface area (Å²) >= 11 is 0. The maximum atomic E-state index is 5.54. The Morgan fingerprint density at radius 2 is 1.65 bits per heavy atom. The van der Waals surface area contributed by atoms with Crippen LogP contribution in [0.4, 0.5) is 0 Å². The normalized spacial score (nSPS) is 8.29. The summed E-state index contributed by atoms with van der Waals surface area (Å²) < 4.78 is 0. The van der Waals surface area contributed by atoms with Crippen LogP contribution in [0.25, 0.3) is 11.1 Å². The van der Waals surface area contributed by atoms with Crippen molar-refractivity contribution in [3.63, 3.8) is 0 Å². The van der Waals surface area contributed by atoms with Gasteiger partial charge in [-0.05, 0) is 17.7 Å². The highest BCUT2D eigenvalue weighted by Gasteiger charge is 1.98. The Kier molecular flexibility index (Phi) is 10.00. The first kappa shape index (κ1) is 18.5. The lowest BCUT2D eigenvalue weighted by Crippen LogP contribution is -1.97. The molecule has 0 bridgehead atoms. The van der Waals surface area contributed by atoms with Gasteiger partial charge in [-0.3, -0.25) is 9.97 Å². The number of hydrogen-bond donors (Lipinski definition) is 1. The summed E-state index contributed by atoms with van der Waals surface area (Å²) in [6.45, 7) is 0.515. The molecule has 0 aliphatic rings. The average Bonchev–Trinajstić information content (AvgIpc) is 2.30. The number of halogens is 3. The van der Waals surface area contributed by atoms with Gasteiger partial charge in [-0.1, -0.05) is 6.07 Å². The molecule has 0 amide bonds. The van der Waals surface area contributed by atoms with Gasteiger partial charge < -0.3 is 5.73 Å². The molecule has 0 spiro atoms. The zero-order chi connectivity index (χ0) is 9.80. The quantitative estimate of drug-likeness (QED) is 0.926. The fourth-order valence-electron chi connectivity index (χ4n) is 1.29. The Hall–Kier alpha value is -0.870. The van der Waals surface area contributed by atoms with E-state index in [2.05, 4.69) is 9.97 Å². The average molecular weight is 295 g/mol. The molecule has 6 heteroatoms. The van der Waals surface area contributed by atoms with Crippen molar-refractivity contribution in [1.29, 1.82) is 0 Å². The fraction of sp³-hybridized carbons (Fsp3) is 0.0909. The molecular formula is C11H14Cl3N3. The van der Waals surface area contributed by atoms with Crippen molar-refractivity contribution < 1.29 is 0 Å². The molecule has 94 valence electrons. The van der Waals surface area contributed by atoms with E-state index >= 15 is 0 Å². The topological polar surface area (TPSA) is 51.8 Å². The molecule has 2 aromatic rings. The third-order valence-corrected chi connectivity index (χ3v) is 2.03. The van der Waals surface area contributed by atoms with Gasteiger partial charge in [0.2, 0.25) is 0 Å². The van der Waals surface area contributed by atoms with Crippen molar-refractivity contribution in [2.75, 3.05) is 0 Å². The van der Waals surface area contributed by atoms with Crippen LogP contribution in [0.1, 0.15) is 5.56 Å². The third-order valence-electron chi connectivity index (χ3n) is 2.03. The number of pyridine rings is 2. The van der Waals surface area contributed by atoms with Gasteiger partial charge in [-0.15, -0.1) is 37.2 Å². The largest absolute Gasteiger partial charge is 0.326 e. The number of nitrogens with zero attached hydrogens (tertiary/aromatic N) is 2. The first-order valence-electron chi connectivity index (χ1n) is 4.44. The fourth-order valence-corrected chi connectivity index (χ4v) is 1.29. The van der Waals surface area contributed by atoms with Crippen LogP contribution in [0.5, 0.6) is 0 Å². The van der Waals surface area contributed by atoms with E-state index in [1.54, 1.807) is 12.4 Å². The molecule has 3 nitrogen and oxygen atoms in total. The molecule has 2 heterocycles. The maximum absolute atomic E-state index is 5.54. The Morgan fingerprint density at radius 3 is 2.24 bits per heavy atom. The monoisotopic (exact) mass is 293 g/mol. The minimum Gasteiger partial charge on any atom is -0.326 e. The Bertz CT molecular complexity index is 423. The van der Waals surface area contributed by atoms with Crippen LogP contribution >= 0.6 is 37.2 Å². The van der Waals surface area contributed by atoms with Gasteiger partial charge in [0.05, 0.1) is 0 Å². The summed E-state index contributed by atoms with van der Waals surface area (Å²) in [5, 5.41) is 0. The lowest BCUT2D eigenvalue weighted by atomic mass is 10.1. The molecule has 2 rings (SSSR count). The van der Waals surface area contributed by atoms with Crippen molar-refractivity contribution in [3.05, 3.63) is 48.5 Å². The summed E-state index contributed by atoms with van der Waals surface area (Å²) in [7, 11) is 0. The van der Waals surface area contributed by atoms with Crippen molar-refractivity contribution in [1.82, 2.24) is 9.97 Å². The molecule has 0 radical (unpaired) electrons. The van der Waals surface area contributed by atoms with Crippen LogP contribution in [0.15, 0.2) is 43.0 Å². The number of rotatable bonds is 2. The Labute approximate surface area is 119 Å². The summed E-state index contributed by atoms with van der Waals surface area (Å²) in [6.07, 6.45) is 7.16. The van der Waals surface area contributed by atoms with Gasteiger partial charge in [0.15, 0.2) is 0 Å². The van der Waals surface area contributed by atoms with Crippen LogP contribution in [0.3, 0.4) is 0 Å². The molecule has 0 aliphatic carbocycles. The van der Waals surface area contributed by atoms with Crippen LogP contribution in [0, 0.1) is 0 Å². The van der Waals surface area contributed by atoms with Gasteiger partial charge in [-0.2, -0.15) is 0 Å². The molecule has 17 heavy (non-hydrogen) atoms. The molecule has 0 saturated carbocycles. The lowest BCUT2D eigenvalue weighted by molar-refractivity contribution is 1.05. The molecule has 0 saturated heterocycles. The molecule has 2 N–H and O–H groups in total. The minimum atomic E-state index is 0. The SMILES string of the molecule is Cl.Cl.Cl.NCc1cncc(-c2cccnc2)c1. The number of nitrogens with two attached hydrogens (primary N) is 1. The Morgan fingerprint density at radius 1 is 0.941 bits per heavy atom. The molecule has 0 fully saturated rings. The number of hydrogen-bond acceptors (Lipinski definition) is 3. The van der Waals surface area contributed by atoms with Crippen LogP contribution in [-0.2, 0) is 6.54 Å². The van der Waals surface area contributed by atoms with Crippen molar-refractivity contribution in [2.24, 2.45) is 5.73 Å². The van der Waals surface area contributed by atoms with E-state index in [4.69, 9.17) is 5.73 Å². The minimum absolute atomic E-state index is 0. The van der Waals surface area contributed by atoms with E-state index in [1.807, 2.05) is 30.6 Å². The smallest absolute Gasteiger partial charge is 0.0347 e. The summed E-state index contributed by atoms with van der Waals surface area (Å²) in [4.78, 5) is 8.18. The maximum Gasteiger partial charge on any atom is 0.0347 e. The van der Waals surface area contributed by atoms with Crippen LogP contribution in [0.2, 0.25) is 0 Å². The lowest BCUT2D eigenvalue weighted by Gasteiger charge is -2.01. The molecular weight excluding hydrogens is 281 g/mol. The summed E-state index contributed by atoms with van der Waals surface area (Å²) in [5.41, 5.74) is 8.70. The second-order valence-electron chi connectivity index (χ2n) is 3.03. The van der Waals surface area contributed by atoms with Crippen LogP contribution in [-0.4, -0.2) is 9.97 Å². The zero-order valence-electron chi connectivity index (χ0n) is 8.95. The predicted octanol–water partition coefficient (Wildman–Crippen LogP) is 2.87. The van der Waals surface area contributed by atoms with Gasteiger partial charge in [0.1, 0.15) is 0 Å². The van der Waals surface area contributed by atoms with E-state index in [0.717, 1.165) is 16.7 Å². The molecule has 0 unspecified atom stereocenters. The van der Waals surface area contributed by atoms with Crippen molar-refractivity contribution in [3.8, 4) is 11.1 Å². The standard InChI is InChI=1S/C11H11N3.3ClH/c12-5-9-4-11(8-14-6-9)10-2-1-3-13-7-10;;;/h1-4,6-8H,5,12H2;3*1H. The highest BCUT2D eigenvalue weighted by Crippen LogP contribution is 2.17. The zero-order valence-corrected chi connectivity index (χ0v) is 11.4. The van der Waals surface area contributed by atoms with E-state index < -0.39 is 0 Å². The summed E-state index contributed by atoms with van der Waals surface area (Å²) in [6, 6.07) is 5.94. The van der Waals surface area contributed by atoms with Gasteiger partial charge in [0, 0.05) is 42.5 Å². The first-order chi connectivity index (χ1) is 6.90. The molecule has 0 aliphatic heterocycles. The molecule has 0 aromatic carbocycles. The second kappa shape index (κ2) is 9.19. The summed E-state index contributed by atoms with van der Waals surface area (Å²) in [5.74, 6) is 0. The molecule has 0 atom stereocenters. The van der Waals surface area contributed by atoms with Gasteiger partial charge in [-0.25, -0.2) is 0 Å². The Balaban J connectivity index is 0. The van der Waals surface area contributed by atoms with E-state index in [-0.39, 0.29) is 37.2 Å². The second-order valence-corrected chi connectivity index (χ2v) is 3.03. The van der Waals surface area contributed by atoms with E-state index in [9.17, 15) is 0 Å². The van der Waals surface area contributed by atoms with E-state index in [1.165, 1.54) is 0 Å². The number of aromatic nitrogens is 2. The third kappa shape index (κ3) is 4.88. The van der Waals surface area contributed by atoms with Gasteiger partial charge >= 0.3 is 0 Å². The van der Waals surface area contributed by atoms with Crippen molar-refractivity contribution in [2.45, 2.75) is 6.54 Å². The van der Waals surface area contributed by atoms with E-state index in [0.29, 0.717) is 6.54 Å². The van der Waals surface area contributed by atoms with Crippen LogP contribution < -0.4 is 5.73 Å². The highest BCUT2D eigenvalue weighted by molar-refractivity contribution is 5.86. The first-order valence-corrected chi connectivity index (χ1v) is 4.44. The van der Waals surface area contributed by atoms with Crippen molar-refractivity contribution >= 4 is 37.2 Å². The van der Waals surface area contributed by atoms with Gasteiger partial charge in [0.25, 0.3) is 0 Å².